The van der Waals surface area contributed by atoms with Gasteiger partial charge in [-0.2, -0.15) is 0 Å². The highest BCUT2D eigenvalue weighted by molar-refractivity contribution is 6.42. The fraction of sp³-hybridized carbons (Fsp3) is 0.571. The summed E-state index contributed by atoms with van der Waals surface area (Å²) >= 11 is 11.9. The van der Waals surface area contributed by atoms with Crippen molar-refractivity contribution in [2.45, 2.75) is 50.9 Å². The van der Waals surface area contributed by atoms with Gasteiger partial charge in [0.15, 0.2) is 0 Å². The lowest BCUT2D eigenvalue weighted by atomic mass is 10.1. The van der Waals surface area contributed by atoms with Gasteiger partial charge in [-0.15, -0.1) is 0 Å². The molecule has 0 saturated heterocycles. The van der Waals surface area contributed by atoms with E-state index in [1.807, 2.05) is 12.1 Å². The average Bonchev–Trinajstić information content (AvgIpc) is 2.56. The van der Waals surface area contributed by atoms with Gasteiger partial charge in [-0.3, -0.25) is 0 Å². The van der Waals surface area contributed by atoms with Gasteiger partial charge in [-0.1, -0.05) is 48.5 Å². The summed E-state index contributed by atoms with van der Waals surface area (Å²) in [5, 5.41) is 1.15. The first-order valence-corrected chi connectivity index (χ1v) is 7.23. The first kappa shape index (κ1) is 14.1. The molecule has 1 aromatic carbocycles. The summed E-state index contributed by atoms with van der Waals surface area (Å²) in [6, 6.07) is 5.76. The Labute approximate surface area is 118 Å². The number of hydrogen-bond donors (Lipinski definition) is 1. The number of benzene rings is 1. The van der Waals surface area contributed by atoms with Crippen molar-refractivity contribution >= 4 is 23.2 Å². The fourth-order valence-electron chi connectivity index (χ4n) is 2.34. The summed E-state index contributed by atoms with van der Waals surface area (Å²) in [5.41, 5.74) is 7.17. The number of ether oxygens (including phenoxy) is 1. The fourth-order valence-corrected chi connectivity index (χ4v) is 2.66. The molecule has 1 aromatic rings. The Kier molecular flexibility index (Phi) is 5.31. The molecule has 1 fully saturated rings. The molecule has 1 aliphatic rings. The largest absolute Gasteiger partial charge is 0.372 e. The summed E-state index contributed by atoms with van der Waals surface area (Å²) in [4.78, 5) is 0. The molecule has 2 N–H and O–H groups in total. The van der Waals surface area contributed by atoms with E-state index < -0.39 is 0 Å². The van der Waals surface area contributed by atoms with E-state index in [1.54, 1.807) is 6.07 Å². The smallest absolute Gasteiger partial charge is 0.0730 e. The highest BCUT2D eigenvalue weighted by atomic mass is 35.5. The van der Waals surface area contributed by atoms with Gasteiger partial charge in [0, 0.05) is 6.04 Å². The zero-order valence-electron chi connectivity index (χ0n) is 10.4. The van der Waals surface area contributed by atoms with Crippen molar-refractivity contribution in [3.63, 3.8) is 0 Å². The van der Waals surface area contributed by atoms with Crippen molar-refractivity contribution in [3.8, 4) is 0 Å². The Balaban J connectivity index is 1.91. The molecule has 100 valence electrons. The van der Waals surface area contributed by atoms with Gasteiger partial charge in [0.25, 0.3) is 0 Å². The Morgan fingerprint density at radius 2 is 1.89 bits per heavy atom. The van der Waals surface area contributed by atoms with Crippen LogP contribution in [0.5, 0.6) is 0 Å². The van der Waals surface area contributed by atoms with Crippen LogP contribution in [-0.2, 0) is 11.3 Å². The maximum atomic E-state index is 6.12. The van der Waals surface area contributed by atoms with Gasteiger partial charge < -0.3 is 10.5 Å². The predicted molar refractivity (Wildman–Crippen MR) is 76.1 cm³/mol. The highest BCUT2D eigenvalue weighted by Gasteiger charge is 2.20. The second-order valence-corrected chi connectivity index (χ2v) is 5.71. The van der Waals surface area contributed by atoms with Crippen molar-refractivity contribution in [2.24, 2.45) is 5.73 Å². The van der Waals surface area contributed by atoms with Crippen molar-refractivity contribution in [2.75, 3.05) is 0 Å². The van der Waals surface area contributed by atoms with E-state index in [4.69, 9.17) is 33.7 Å². The zero-order chi connectivity index (χ0) is 13.0. The van der Waals surface area contributed by atoms with Crippen LogP contribution in [-0.4, -0.2) is 12.1 Å². The molecule has 0 spiro atoms. The van der Waals surface area contributed by atoms with Crippen LogP contribution in [0.2, 0.25) is 10.0 Å². The van der Waals surface area contributed by atoms with Gasteiger partial charge in [0.2, 0.25) is 0 Å². The molecule has 18 heavy (non-hydrogen) atoms. The van der Waals surface area contributed by atoms with Gasteiger partial charge in [0.05, 0.1) is 22.8 Å². The van der Waals surface area contributed by atoms with Crippen LogP contribution in [0.25, 0.3) is 0 Å². The molecule has 0 amide bonds. The first-order chi connectivity index (χ1) is 8.66. The molecule has 0 heterocycles. The van der Waals surface area contributed by atoms with E-state index in [-0.39, 0.29) is 12.1 Å². The lowest BCUT2D eigenvalue weighted by Gasteiger charge is -2.22. The van der Waals surface area contributed by atoms with Crippen molar-refractivity contribution in [3.05, 3.63) is 33.8 Å². The Bertz CT molecular complexity index is 397. The standard InChI is InChI=1S/C14H19Cl2NO/c15-11-7-6-10(8-12(11)16)9-18-14-5-3-1-2-4-13(14)17/h6-8,13-14H,1-5,9,17H2. The minimum Gasteiger partial charge on any atom is -0.372 e. The molecule has 0 aromatic heterocycles. The molecule has 2 nitrogen and oxygen atoms in total. The Hall–Kier alpha value is -0.280. The van der Waals surface area contributed by atoms with Gasteiger partial charge in [-0.25, -0.2) is 0 Å². The minimum absolute atomic E-state index is 0.162. The molecule has 0 aliphatic heterocycles. The van der Waals surface area contributed by atoms with Crippen molar-refractivity contribution in [1.82, 2.24) is 0 Å². The third-order valence-electron chi connectivity index (χ3n) is 3.45. The van der Waals surface area contributed by atoms with E-state index in [0.29, 0.717) is 16.7 Å². The lowest BCUT2D eigenvalue weighted by molar-refractivity contribution is 0.0194. The van der Waals surface area contributed by atoms with Crippen LogP contribution in [0.15, 0.2) is 18.2 Å². The molecule has 1 aliphatic carbocycles. The van der Waals surface area contributed by atoms with E-state index in [1.165, 1.54) is 19.3 Å². The molecule has 2 atom stereocenters. The summed E-state index contributed by atoms with van der Waals surface area (Å²) in [5.74, 6) is 0. The van der Waals surface area contributed by atoms with Crippen LogP contribution < -0.4 is 5.73 Å². The summed E-state index contributed by atoms with van der Waals surface area (Å²) in [6.07, 6.45) is 5.98. The minimum atomic E-state index is 0.162. The number of nitrogens with two attached hydrogens (primary N) is 1. The topological polar surface area (TPSA) is 35.2 Å². The SMILES string of the molecule is NC1CCCCCC1OCc1ccc(Cl)c(Cl)c1. The van der Waals surface area contributed by atoms with Crippen molar-refractivity contribution in [1.29, 1.82) is 0 Å². The van der Waals surface area contributed by atoms with Gasteiger partial charge in [0.1, 0.15) is 0 Å². The quantitative estimate of drug-likeness (QED) is 0.847. The third-order valence-corrected chi connectivity index (χ3v) is 4.19. The molecular weight excluding hydrogens is 269 g/mol. The van der Waals surface area contributed by atoms with Crippen LogP contribution in [0.3, 0.4) is 0 Å². The molecule has 1 saturated carbocycles. The van der Waals surface area contributed by atoms with Crippen molar-refractivity contribution < 1.29 is 4.74 Å². The molecule has 0 bridgehead atoms. The normalized spacial score (nSPS) is 24.8. The van der Waals surface area contributed by atoms with E-state index >= 15 is 0 Å². The number of rotatable bonds is 3. The van der Waals surface area contributed by atoms with E-state index in [9.17, 15) is 0 Å². The monoisotopic (exact) mass is 287 g/mol. The molecular formula is C14H19Cl2NO. The number of hydrogen-bond acceptors (Lipinski definition) is 2. The molecule has 0 radical (unpaired) electrons. The first-order valence-electron chi connectivity index (χ1n) is 6.48. The Morgan fingerprint density at radius 3 is 2.67 bits per heavy atom. The van der Waals surface area contributed by atoms with Crippen LogP contribution in [0, 0.1) is 0 Å². The maximum Gasteiger partial charge on any atom is 0.0730 e. The van der Waals surface area contributed by atoms with Crippen LogP contribution in [0.4, 0.5) is 0 Å². The number of halogens is 2. The maximum absolute atomic E-state index is 6.12. The van der Waals surface area contributed by atoms with Crippen LogP contribution in [0.1, 0.15) is 37.7 Å². The third kappa shape index (κ3) is 3.86. The highest BCUT2D eigenvalue weighted by Crippen LogP contribution is 2.24. The second-order valence-electron chi connectivity index (χ2n) is 4.90. The second kappa shape index (κ2) is 6.76. The van der Waals surface area contributed by atoms with E-state index in [0.717, 1.165) is 18.4 Å². The zero-order valence-corrected chi connectivity index (χ0v) is 11.9. The molecule has 2 rings (SSSR count). The van der Waals surface area contributed by atoms with Gasteiger partial charge >= 0.3 is 0 Å². The summed E-state index contributed by atoms with van der Waals surface area (Å²) in [7, 11) is 0. The predicted octanol–water partition coefficient (Wildman–Crippen LogP) is 4.17. The Morgan fingerprint density at radius 1 is 1.11 bits per heavy atom. The molecule has 4 heteroatoms. The van der Waals surface area contributed by atoms with E-state index in [2.05, 4.69) is 0 Å². The average molecular weight is 288 g/mol. The lowest BCUT2D eigenvalue weighted by Crippen LogP contribution is -2.35. The van der Waals surface area contributed by atoms with Crippen LogP contribution >= 0.6 is 23.2 Å². The van der Waals surface area contributed by atoms with Gasteiger partial charge in [-0.05, 0) is 30.5 Å². The summed E-state index contributed by atoms with van der Waals surface area (Å²) in [6.45, 7) is 0.551. The molecule has 2 unspecified atom stereocenters. The summed E-state index contributed by atoms with van der Waals surface area (Å²) < 4.78 is 5.93.